The number of hydrogen-bond acceptors (Lipinski definition) is 4. The van der Waals surface area contributed by atoms with E-state index < -0.39 is 23.7 Å². The predicted molar refractivity (Wildman–Crippen MR) is 116 cm³/mol. The first-order valence-electron chi connectivity index (χ1n) is 9.97. The Morgan fingerprint density at radius 2 is 1.56 bits per heavy atom. The maximum absolute atomic E-state index is 13.6. The summed E-state index contributed by atoms with van der Waals surface area (Å²) in [5.41, 5.74) is 1.56. The van der Waals surface area contributed by atoms with E-state index in [2.05, 4.69) is 10.6 Å². The Balaban J connectivity index is 1.70. The van der Waals surface area contributed by atoms with Gasteiger partial charge in [0.15, 0.2) is 0 Å². The first-order valence-corrected chi connectivity index (χ1v) is 9.97. The smallest absolute Gasteiger partial charge is 0.244 e. The number of ether oxygens (including phenoxy) is 1. The quantitative estimate of drug-likeness (QED) is 0.639. The zero-order valence-electron chi connectivity index (χ0n) is 17.2. The van der Waals surface area contributed by atoms with Crippen LogP contribution in [0.1, 0.15) is 11.6 Å². The Kier molecular flexibility index (Phi) is 6.13. The molecule has 3 aromatic rings. The van der Waals surface area contributed by atoms with Crippen LogP contribution in [0.5, 0.6) is 5.75 Å². The van der Waals surface area contributed by atoms with E-state index in [0.29, 0.717) is 22.7 Å². The number of nitrogens with zero attached hydrogens (tertiary/aromatic N) is 1. The van der Waals surface area contributed by atoms with Crippen molar-refractivity contribution in [3.63, 3.8) is 0 Å². The summed E-state index contributed by atoms with van der Waals surface area (Å²) in [5.74, 6) is -0.889. The van der Waals surface area contributed by atoms with Crippen molar-refractivity contribution in [2.24, 2.45) is 0 Å². The van der Waals surface area contributed by atoms with E-state index >= 15 is 0 Å². The largest absolute Gasteiger partial charge is 0.497 e. The van der Waals surface area contributed by atoms with Gasteiger partial charge in [-0.15, -0.1) is 0 Å². The number of piperazine rings is 1. The molecule has 0 unspecified atom stereocenters. The highest BCUT2D eigenvalue weighted by atomic mass is 19.1. The molecule has 0 radical (unpaired) electrons. The normalized spacial score (nSPS) is 18.3. The van der Waals surface area contributed by atoms with Gasteiger partial charge >= 0.3 is 0 Å². The molecule has 2 N–H and O–H groups in total. The Morgan fingerprint density at radius 3 is 2.16 bits per heavy atom. The molecular formula is C24H21F2N3O3. The van der Waals surface area contributed by atoms with Crippen LogP contribution in [-0.2, 0) is 9.59 Å². The Labute approximate surface area is 183 Å². The monoisotopic (exact) mass is 437 g/mol. The SMILES string of the molecule is COc1ccc(NC(=O)[C@@H]2NCC(=O)N(c3ccc(F)cc3)[C@H]2c2ccc(F)cc2)cc1. The van der Waals surface area contributed by atoms with E-state index in [-0.39, 0.29) is 18.4 Å². The summed E-state index contributed by atoms with van der Waals surface area (Å²) in [5, 5.41) is 5.83. The van der Waals surface area contributed by atoms with E-state index in [4.69, 9.17) is 4.74 Å². The third kappa shape index (κ3) is 4.45. The summed E-state index contributed by atoms with van der Waals surface area (Å²) in [6, 6.07) is 16.3. The number of carbonyl (C=O) groups excluding carboxylic acids is 2. The molecule has 3 aromatic carbocycles. The molecule has 0 spiro atoms. The lowest BCUT2D eigenvalue weighted by Gasteiger charge is -2.41. The van der Waals surface area contributed by atoms with Gasteiger partial charge in [-0.2, -0.15) is 0 Å². The summed E-state index contributed by atoms with van der Waals surface area (Å²) in [6.07, 6.45) is 0. The number of amides is 2. The second kappa shape index (κ2) is 9.15. The summed E-state index contributed by atoms with van der Waals surface area (Å²) in [6.45, 7) is -0.0875. The number of benzene rings is 3. The lowest BCUT2D eigenvalue weighted by molar-refractivity contribution is -0.123. The summed E-state index contributed by atoms with van der Waals surface area (Å²) >= 11 is 0. The molecule has 6 nitrogen and oxygen atoms in total. The topological polar surface area (TPSA) is 70.7 Å². The highest BCUT2D eigenvalue weighted by Crippen LogP contribution is 2.33. The molecule has 0 aromatic heterocycles. The van der Waals surface area contributed by atoms with Gasteiger partial charge in [0.2, 0.25) is 11.8 Å². The number of nitrogens with one attached hydrogen (secondary N) is 2. The second-order valence-corrected chi connectivity index (χ2v) is 7.31. The Bertz CT molecular complexity index is 1100. The van der Waals surface area contributed by atoms with E-state index in [1.165, 1.54) is 53.4 Å². The Hall–Kier alpha value is -3.78. The molecule has 0 saturated carbocycles. The van der Waals surface area contributed by atoms with Crippen LogP contribution in [0.3, 0.4) is 0 Å². The van der Waals surface area contributed by atoms with Crippen LogP contribution in [0.15, 0.2) is 72.8 Å². The average molecular weight is 437 g/mol. The van der Waals surface area contributed by atoms with Gasteiger partial charge in [-0.1, -0.05) is 12.1 Å². The molecule has 4 rings (SSSR count). The van der Waals surface area contributed by atoms with Gasteiger partial charge in [-0.05, 0) is 66.2 Å². The van der Waals surface area contributed by atoms with Gasteiger partial charge in [0.05, 0.1) is 19.7 Å². The molecule has 2 amide bonds. The molecule has 0 bridgehead atoms. The third-order valence-corrected chi connectivity index (χ3v) is 5.29. The van der Waals surface area contributed by atoms with Crippen molar-refractivity contribution in [1.29, 1.82) is 0 Å². The van der Waals surface area contributed by atoms with Gasteiger partial charge in [0, 0.05) is 11.4 Å². The summed E-state index contributed by atoms with van der Waals surface area (Å²) in [7, 11) is 1.55. The minimum absolute atomic E-state index is 0.0875. The fraction of sp³-hybridized carbons (Fsp3) is 0.167. The third-order valence-electron chi connectivity index (χ3n) is 5.29. The van der Waals surface area contributed by atoms with Crippen molar-refractivity contribution in [3.05, 3.63) is 90.0 Å². The minimum Gasteiger partial charge on any atom is -0.497 e. The number of methoxy groups -OCH3 is 1. The van der Waals surface area contributed by atoms with E-state index in [9.17, 15) is 18.4 Å². The maximum atomic E-state index is 13.6. The first-order chi connectivity index (χ1) is 15.5. The van der Waals surface area contributed by atoms with Gasteiger partial charge in [0.25, 0.3) is 0 Å². The van der Waals surface area contributed by atoms with Crippen molar-refractivity contribution in [2.75, 3.05) is 23.9 Å². The number of carbonyl (C=O) groups is 2. The number of anilines is 2. The Morgan fingerprint density at radius 1 is 0.969 bits per heavy atom. The fourth-order valence-corrected chi connectivity index (χ4v) is 3.74. The standard InChI is InChI=1S/C24H21F2N3O3/c1-32-20-12-8-18(9-13-20)28-24(31)22-23(15-2-4-16(25)5-3-15)29(21(30)14-27-22)19-10-6-17(26)7-11-19/h2-13,22-23,27H,14H2,1H3,(H,28,31)/t22-,23+/m1/s1. The lowest BCUT2D eigenvalue weighted by atomic mass is 9.93. The maximum Gasteiger partial charge on any atom is 0.244 e. The molecule has 0 aliphatic carbocycles. The van der Waals surface area contributed by atoms with Crippen molar-refractivity contribution < 1.29 is 23.1 Å². The summed E-state index contributed by atoms with van der Waals surface area (Å²) in [4.78, 5) is 27.6. The van der Waals surface area contributed by atoms with Crippen LogP contribution in [0.25, 0.3) is 0 Å². The van der Waals surface area contributed by atoms with Crippen LogP contribution < -0.4 is 20.3 Å². The van der Waals surface area contributed by atoms with Gasteiger partial charge < -0.3 is 15.0 Å². The molecule has 1 heterocycles. The van der Waals surface area contributed by atoms with Crippen molar-refractivity contribution in [1.82, 2.24) is 5.32 Å². The fourth-order valence-electron chi connectivity index (χ4n) is 3.74. The van der Waals surface area contributed by atoms with Crippen LogP contribution >= 0.6 is 0 Å². The van der Waals surface area contributed by atoms with Gasteiger partial charge in [-0.3, -0.25) is 14.9 Å². The van der Waals surface area contributed by atoms with Gasteiger partial charge in [-0.25, -0.2) is 8.78 Å². The predicted octanol–water partition coefficient (Wildman–Crippen LogP) is 3.66. The van der Waals surface area contributed by atoms with Crippen LogP contribution in [-0.4, -0.2) is 31.5 Å². The molecule has 1 aliphatic heterocycles. The van der Waals surface area contributed by atoms with Crippen molar-refractivity contribution in [3.8, 4) is 5.75 Å². The van der Waals surface area contributed by atoms with E-state index in [0.717, 1.165) is 0 Å². The van der Waals surface area contributed by atoms with Crippen molar-refractivity contribution >= 4 is 23.2 Å². The van der Waals surface area contributed by atoms with Gasteiger partial charge in [0.1, 0.15) is 23.4 Å². The molecule has 1 saturated heterocycles. The molecule has 1 fully saturated rings. The van der Waals surface area contributed by atoms with Crippen molar-refractivity contribution in [2.45, 2.75) is 12.1 Å². The first kappa shape index (κ1) is 21.5. The molecule has 1 aliphatic rings. The zero-order valence-corrected chi connectivity index (χ0v) is 17.2. The summed E-state index contributed by atoms with van der Waals surface area (Å²) < 4.78 is 32.2. The number of hydrogen-bond donors (Lipinski definition) is 2. The van der Waals surface area contributed by atoms with Crippen LogP contribution in [0, 0.1) is 11.6 Å². The van der Waals surface area contributed by atoms with Crippen LogP contribution in [0.4, 0.5) is 20.2 Å². The van der Waals surface area contributed by atoms with E-state index in [1.54, 1.807) is 31.4 Å². The molecule has 164 valence electrons. The molecule has 32 heavy (non-hydrogen) atoms. The molecule has 8 heteroatoms. The van der Waals surface area contributed by atoms with E-state index in [1.807, 2.05) is 0 Å². The molecular weight excluding hydrogens is 416 g/mol. The highest BCUT2D eigenvalue weighted by Gasteiger charge is 2.41. The van der Waals surface area contributed by atoms with Crippen LogP contribution in [0.2, 0.25) is 0 Å². The molecule has 2 atom stereocenters. The minimum atomic E-state index is -0.842. The zero-order chi connectivity index (χ0) is 22.7. The number of halogens is 2. The second-order valence-electron chi connectivity index (χ2n) is 7.31. The number of rotatable bonds is 5. The highest BCUT2D eigenvalue weighted by molar-refractivity contribution is 6.02. The lowest BCUT2D eigenvalue weighted by Crippen LogP contribution is -2.60. The average Bonchev–Trinajstić information content (AvgIpc) is 2.80.